The Bertz CT molecular complexity index is 5480. The monoisotopic (exact) mass is 1320 g/mol. The highest BCUT2D eigenvalue weighted by Crippen LogP contribution is 2.68. The summed E-state index contributed by atoms with van der Waals surface area (Å²) in [5.74, 6) is 0.0803. The van der Waals surface area contributed by atoms with Gasteiger partial charge in [0.1, 0.15) is 5.58 Å². The van der Waals surface area contributed by atoms with Crippen LogP contribution >= 0.6 is 11.8 Å². The van der Waals surface area contributed by atoms with Crippen LogP contribution in [0.2, 0.25) is 0 Å². The lowest BCUT2D eigenvalue weighted by Gasteiger charge is -2.37. The van der Waals surface area contributed by atoms with E-state index in [1.54, 1.807) is 0 Å². The summed E-state index contributed by atoms with van der Waals surface area (Å²) in [6.07, 6.45) is 9.50. The molecule has 1 aliphatic heterocycles. The first-order valence-electron chi connectivity index (χ1n) is 36.0. The average Bonchev–Trinajstić information content (AvgIpc) is 1.51. The minimum absolute atomic E-state index is 0.00311. The second kappa shape index (κ2) is 23.3. The molecule has 13 aromatic rings. The molecule has 3 atom stereocenters. The van der Waals surface area contributed by atoms with Gasteiger partial charge in [0.15, 0.2) is 5.58 Å². The SMILES string of the molecule is Cc1cccc(N(c2ccc(C(C)(C)C)cc2)c2cc3c(c4c2C2C=CC=CC2S4)-c2c(cc(N(c4ccc(C(C)(C)C)cc4)c4cccc(C)c4)c4oc5ccccc5c24)C3(c2ccc(C(C)(C)C)cc2)c2ccc3c(c2)c2cc(C(C)(C)C)ccc2n3-c2ccc(C(C)(C)C)cc2)c1. The van der Waals surface area contributed by atoms with E-state index in [0.29, 0.717) is 0 Å². The highest BCUT2D eigenvalue weighted by atomic mass is 32.2. The molecule has 0 radical (unpaired) electrons. The van der Waals surface area contributed by atoms with Gasteiger partial charge in [-0.15, -0.1) is 11.8 Å². The molecular formula is C95H93N3OS. The number of hydrogen-bond acceptors (Lipinski definition) is 4. The third-order valence-electron chi connectivity index (χ3n) is 21.9. The molecule has 3 aliphatic rings. The van der Waals surface area contributed by atoms with Crippen LogP contribution in [0.15, 0.2) is 252 Å². The van der Waals surface area contributed by atoms with E-state index >= 15 is 0 Å². The predicted molar refractivity (Wildman–Crippen MR) is 428 cm³/mol. The average molecular weight is 1320 g/mol. The summed E-state index contributed by atoms with van der Waals surface area (Å²) < 4.78 is 10.2. The van der Waals surface area contributed by atoms with Gasteiger partial charge in [-0.3, -0.25) is 0 Å². The molecule has 3 heterocycles. The zero-order chi connectivity index (χ0) is 69.9. The molecule has 0 fully saturated rings. The van der Waals surface area contributed by atoms with E-state index in [1.165, 1.54) is 110 Å². The number of allylic oxidation sites excluding steroid dienone is 3. The largest absolute Gasteiger partial charge is 0.454 e. The molecule has 2 aromatic heterocycles. The number of nitrogens with zero attached hydrogens (tertiary/aromatic N) is 3. The van der Waals surface area contributed by atoms with Crippen molar-refractivity contribution in [2.75, 3.05) is 9.80 Å². The zero-order valence-corrected chi connectivity index (χ0v) is 62.2. The van der Waals surface area contributed by atoms with Crippen LogP contribution in [0.25, 0.3) is 60.6 Å². The normalized spacial score (nSPS) is 16.8. The first-order chi connectivity index (χ1) is 47.5. The zero-order valence-electron chi connectivity index (χ0n) is 61.4. The van der Waals surface area contributed by atoms with Crippen molar-refractivity contribution in [1.82, 2.24) is 4.57 Å². The summed E-state index contributed by atoms with van der Waals surface area (Å²) in [6.45, 7) is 39.3. The summed E-state index contributed by atoms with van der Waals surface area (Å²) in [7, 11) is 0. The maximum absolute atomic E-state index is 7.66. The molecule has 0 bridgehead atoms. The van der Waals surface area contributed by atoms with Crippen LogP contribution in [0.1, 0.15) is 177 Å². The van der Waals surface area contributed by atoms with Crippen molar-refractivity contribution in [3.63, 3.8) is 0 Å². The fraction of sp³-hybridized carbons (Fsp3) is 0.263. The van der Waals surface area contributed by atoms with Crippen LogP contribution in [0.5, 0.6) is 0 Å². The van der Waals surface area contributed by atoms with E-state index in [4.69, 9.17) is 4.42 Å². The molecule has 0 N–H and O–H groups in total. The second-order valence-electron chi connectivity index (χ2n) is 33.9. The van der Waals surface area contributed by atoms with Crippen molar-refractivity contribution in [3.8, 4) is 16.8 Å². The van der Waals surface area contributed by atoms with Crippen LogP contribution in [-0.4, -0.2) is 9.82 Å². The number of anilines is 6. The molecule has 500 valence electrons. The number of benzene rings is 11. The fourth-order valence-corrected chi connectivity index (χ4v) is 17.9. The van der Waals surface area contributed by atoms with Gasteiger partial charge in [0.2, 0.25) is 0 Å². The van der Waals surface area contributed by atoms with E-state index in [1.807, 2.05) is 11.8 Å². The van der Waals surface area contributed by atoms with E-state index < -0.39 is 5.41 Å². The van der Waals surface area contributed by atoms with Crippen molar-refractivity contribution in [2.45, 2.75) is 166 Å². The van der Waals surface area contributed by atoms with Crippen molar-refractivity contribution in [1.29, 1.82) is 0 Å². The van der Waals surface area contributed by atoms with Crippen LogP contribution in [0.3, 0.4) is 0 Å². The molecule has 3 unspecified atom stereocenters. The van der Waals surface area contributed by atoms with Gasteiger partial charge >= 0.3 is 0 Å². The highest BCUT2D eigenvalue weighted by Gasteiger charge is 2.53. The number of para-hydroxylation sites is 1. The Kier molecular flexibility index (Phi) is 15.1. The van der Waals surface area contributed by atoms with Crippen LogP contribution in [-0.2, 0) is 32.5 Å². The Hall–Kier alpha value is -9.55. The van der Waals surface area contributed by atoms with Gasteiger partial charge in [-0.05, 0) is 216 Å². The number of aryl methyl sites for hydroxylation is 2. The van der Waals surface area contributed by atoms with Crippen molar-refractivity contribution in [3.05, 3.63) is 309 Å². The molecule has 11 aromatic carbocycles. The fourth-order valence-electron chi connectivity index (χ4n) is 16.4. The first kappa shape index (κ1) is 65.1. The molecule has 0 spiro atoms. The molecule has 0 saturated carbocycles. The van der Waals surface area contributed by atoms with Gasteiger partial charge < -0.3 is 18.8 Å². The molecule has 4 nitrogen and oxygen atoms in total. The lowest BCUT2D eigenvalue weighted by atomic mass is 9.66. The Morgan fingerprint density at radius 1 is 0.400 bits per heavy atom. The minimum atomic E-state index is -0.979. The Labute approximate surface area is 597 Å². The Morgan fingerprint density at radius 2 is 0.870 bits per heavy atom. The highest BCUT2D eigenvalue weighted by molar-refractivity contribution is 8.00. The third kappa shape index (κ3) is 10.6. The number of furan rings is 1. The second-order valence-corrected chi connectivity index (χ2v) is 35.1. The standard InChI is InChI=1S/C95H93N3OS/c1-58-24-22-26-70(52-58)96(67-44-36-61(37-45-67)91(6,7)8)80-56-77-87(89-84(80)73-29-19-21-31-83(73)100-89)86-76(57-81(88-85(86)72-28-18-20-30-82(72)99-88)97(71-27-23-25-59(2)53-71)68-46-38-62(39-47-68)92(9,10)11)95(77,64-34-32-60(33-35-64)90(3,4)5)66-43-51-79-75(55-66)74-54-65(94(15,16)17)42-50-78(74)98(79)69-48-40-63(41-49-69)93(12,13)14/h18-57,73,83H,1-17H3. The van der Waals surface area contributed by atoms with Gasteiger partial charge in [0.25, 0.3) is 0 Å². The van der Waals surface area contributed by atoms with E-state index in [0.717, 1.165) is 56.1 Å². The molecule has 5 heteroatoms. The maximum atomic E-state index is 7.66. The van der Waals surface area contributed by atoms with Gasteiger partial charge in [-0.25, -0.2) is 0 Å². The van der Waals surface area contributed by atoms with Gasteiger partial charge in [0.05, 0.1) is 27.8 Å². The summed E-state index contributed by atoms with van der Waals surface area (Å²) >= 11 is 2.04. The molecule has 2 aliphatic carbocycles. The lowest BCUT2D eigenvalue weighted by molar-refractivity contribution is 0.589. The smallest absolute Gasteiger partial charge is 0.160 e. The van der Waals surface area contributed by atoms with Gasteiger partial charge in [0, 0.05) is 71.6 Å². The van der Waals surface area contributed by atoms with E-state index in [9.17, 15) is 0 Å². The quantitative estimate of drug-likeness (QED) is 0.144. The number of hydrogen-bond donors (Lipinski definition) is 0. The lowest BCUT2D eigenvalue weighted by Crippen LogP contribution is -2.30. The summed E-state index contributed by atoms with van der Waals surface area (Å²) in [5, 5.41) is 4.82. The summed E-state index contributed by atoms with van der Waals surface area (Å²) in [6, 6.07) is 85.1. The predicted octanol–water partition coefficient (Wildman–Crippen LogP) is 26.8. The Morgan fingerprint density at radius 3 is 1.43 bits per heavy atom. The third-order valence-corrected chi connectivity index (χ3v) is 23.3. The molecule has 100 heavy (non-hydrogen) atoms. The van der Waals surface area contributed by atoms with Crippen LogP contribution < -0.4 is 9.80 Å². The Balaban J connectivity index is 1.12. The first-order valence-corrected chi connectivity index (χ1v) is 36.9. The maximum Gasteiger partial charge on any atom is 0.160 e. The molecular weight excluding hydrogens is 1230 g/mol. The topological polar surface area (TPSA) is 24.6 Å². The van der Waals surface area contributed by atoms with E-state index in [2.05, 4.69) is 375 Å². The molecule has 0 amide bonds. The van der Waals surface area contributed by atoms with E-state index in [-0.39, 0.29) is 38.2 Å². The molecule has 0 saturated heterocycles. The number of thioether (sulfide) groups is 1. The summed E-state index contributed by atoms with van der Waals surface area (Å²) in [4.78, 5) is 6.41. The van der Waals surface area contributed by atoms with Crippen molar-refractivity contribution >= 4 is 89.6 Å². The number of fused-ring (bicyclic) bond motifs is 14. The number of rotatable bonds is 9. The summed E-state index contributed by atoms with van der Waals surface area (Å²) in [5.41, 5.74) is 28.1. The number of aromatic nitrogens is 1. The van der Waals surface area contributed by atoms with Crippen molar-refractivity contribution < 1.29 is 4.42 Å². The molecule has 16 rings (SSSR count). The van der Waals surface area contributed by atoms with Gasteiger partial charge in [-0.2, -0.15) is 0 Å². The van der Waals surface area contributed by atoms with Gasteiger partial charge in [-0.1, -0.05) is 243 Å². The minimum Gasteiger partial charge on any atom is -0.454 e. The van der Waals surface area contributed by atoms with Crippen LogP contribution in [0, 0.1) is 13.8 Å². The van der Waals surface area contributed by atoms with Crippen LogP contribution in [0.4, 0.5) is 34.1 Å². The van der Waals surface area contributed by atoms with Crippen molar-refractivity contribution in [2.24, 2.45) is 0 Å².